The molecule has 0 spiro atoms. The Hall–Kier alpha value is -1.83. The lowest BCUT2D eigenvalue weighted by atomic mass is 9.83. The van der Waals surface area contributed by atoms with E-state index in [0.717, 1.165) is 12.1 Å². The van der Waals surface area contributed by atoms with Gasteiger partial charge in [0.1, 0.15) is 0 Å². The van der Waals surface area contributed by atoms with Crippen LogP contribution in [0.1, 0.15) is 5.56 Å². The molecule has 0 amide bonds. The van der Waals surface area contributed by atoms with E-state index in [4.69, 9.17) is 0 Å². The Balaban J connectivity index is 3.71. The normalized spacial score (nSPS) is 15.2. The number of halogens is 7. The summed E-state index contributed by atoms with van der Waals surface area (Å²) in [6.45, 7) is 2.44. The fourth-order valence-electron chi connectivity index (χ4n) is 1.63. The highest BCUT2D eigenvalue weighted by atomic mass is 19.3. The summed E-state index contributed by atoms with van der Waals surface area (Å²) in [5.74, 6) is -13.8. The fraction of sp³-hybridized carbons (Fsp3) is 0.231. The van der Waals surface area contributed by atoms with Gasteiger partial charge in [0.2, 0.25) is 11.4 Å². The Kier molecular flexibility index (Phi) is 4.52. The van der Waals surface area contributed by atoms with E-state index in [1.54, 1.807) is 0 Å². The summed E-state index contributed by atoms with van der Waals surface area (Å²) < 4.78 is 92.5. The van der Waals surface area contributed by atoms with Crippen LogP contribution < -0.4 is 0 Å². The molecule has 0 aliphatic carbocycles. The summed E-state index contributed by atoms with van der Waals surface area (Å²) in [6, 6.07) is 4.46. The average molecular weight is 314 g/mol. The summed E-state index contributed by atoms with van der Waals surface area (Å²) in [7, 11) is 0. The highest BCUT2D eigenvalue weighted by Gasteiger charge is 2.70. The Morgan fingerprint density at radius 1 is 1.00 bits per heavy atom. The summed E-state index contributed by atoms with van der Waals surface area (Å²) in [4.78, 5) is 0. The Bertz CT molecular complexity index is 549. The topological polar surface area (TPSA) is 20.2 Å². The molecule has 0 aliphatic rings. The van der Waals surface area contributed by atoms with Crippen molar-refractivity contribution in [1.82, 2.24) is 0 Å². The molecule has 0 aromatic heterocycles. The van der Waals surface area contributed by atoms with Gasteiger partial charge in [-0.2, -0.15) is 26.3 Å². The molecule has 0 radical (unpaired) electrons. The van der Waals surface area contributed by atoms with Crippen LogP contribution in [0.15, 0.2) is 54.9 Å². The summed E-state index contributed by atoms with van der Waals surface area (Å²) >= 11 is 0. The number of rotatable bonds is 5. The molecule has 1 N–H and O–H groups in total. The summed E-state index contributed by atoms with van der Waals surface area (Å²) in [5.41, 5.74) is -5.69. The zero-order valence-electron chi connectivity index (χ0n) is 10.3. The Morgan fingerprint density at radius 2 is 1.48 bits per heavy atom. The molecule has 1 aromatic carbocycles. The molecular weight excluding hydrogens is 305 g/mol. The van der Waals surface area contributed by atoms with E-state index in [0.29, 0.717) is 12.1 Å². The second-order valence-corrected chi connectivity index (χ2v) is 4.05. The van der Waals surface area contributed by atoms with E-state index in [1.165, 1.54) is 6.07 Å². The number of hydrogen-bond acceptors (Lipinski definition) is 1. The molecule has 0 bridgehead atoms. The van der Waals surface area contributed by atoms with Crippen LogP contribution in [0, 0.1) is 0 Å². The molecule has 1 nitrogen and oxygen atoms in total. The molecule has 1 aromatic rings. The molecule has 116 valence electrons. The van der Waals surface area contributed by atoms with Gasteiger partial charge in [0.15, 0.2) is 0 Å². The Labute approximate surface area is 115 Å². The zero-order chi connectivity index (χ0) is 16.5. The molecule has 0 aliphatic heterocycles. The van der Waals surface area contributed by atoms with Crippen molar-refractivity contribution in [3.8, 4) is 0 Å². The van der Waals surface area contributed by atoms with Gasteiger partial charge in [-0.25, -0.2) is 4.39 Å². The third-order valence-electron chi connectivity index (χ3n) is 2.80. The summed E-state index contributed by atoms with van der Waals surface area (Å²) in [6.07, 6.45) is -3.88. The first-order chi connectivity index (χ1) is 9.52. The predicted octanol–water partition coefficient (Wildman–Crippen LogP) is 4.41. The van der Waals surface area contributed by atoms with Crippen molar-refractivity contribution in [2.75, 3.05) is 0 Å². The van der Waals surface area contributed by atoms with Crippen LogP contribution >= 0.6 is 0 Å². The third kappa shape index (κ3) is 2.55. The second kappa shape index (κ2) is 5.51. The van der Waals surface area contributed by atoms with Crippen LogP contribution in [0.2, 0.25) is 0 Å². The quantitative estimate of drug-likeness (QED) is 0.630. The number of allylic oxidation sites excluding steroid dienone is 1. The van der Waals surface area contributed by atoms with E-state index in [9.17, 15) is 35.8 Å². The lowest BCUT2D eigenvalue weighted by molar-refractivity contribution is -0.271. The zero-order valence-corrected chi connectivity index (χ0v) is 10.3. The highest BCUT2D eigenvalue weighted by Crippen LogP contribution is 2.52. The largest absolute Gasteiger partial charge is 0.372 e. The van der Waals surface area contributed by atoms with Crippen molar-refractivity contribution in [1.29, 1.82) is 0 Å². The standard InChI is InChI=1S/C13H9F7O/c1-2-11(17,18)13(19,20)12(21,9(14)10(15)16)8-6-4-3-5-7-8/h2-7,21H,1H2. The van der Waals surface area contributed by atoms with E-state index < -0.39 is 41.0 Å². The van der Waals surface area contributed by atoms with Crippen LogP contribution in [0.4, 0.5) is 30.7 Å². The molecule has 0 saturated carbocycles. The molecule has 21 heavy (non-hydrogen) atoms. The Morgan fingerprint density at radius 3 is 1.86 bits per heavy atom. The van der Waals surface area contributed by atoms with E-state index >= 15 is 0 Å². The van der Waals surface area contributed by atoms with Gasteiger partial charge in [-0.3, -0.25) is 0 Å². The maximum absolute atomic E-state index is 13.9. The monoisotopic (exact) mass is 314 g/mol. The number of hydrogen-bond donors (Lipinski definition) is 1. The number of alkyl halides is 4. The van der Waals surface area contributed by atoms with Crippen molar-refractivity contribution in [3.63, 3.8) is 0 Å². The van der Waals surface area contributed by atoms with Gasteiger partial charge in [-0.05, 0) is 11.6 Å². The van der Waals surface area contributed by atoms with E-state index in [2.05, 4.69) is 6.58 Å². The van der Waals surface area contributed by atoms with Crippen molar-refractivity contribution < 1.29 is 35.8 Å². The van der Waals surface area contributed by atoms with Gasteiger partial charge in [-0.15, -0.1) is 0 Å². The first-order valence-corrected chi connectivity index (χ1v) is 5.40. The van der Waals surface area contributed by atoms with E-state index in [-0.39, 0.29) is 0 Å². The van der Waals surface area contributed by atoms with Crippen molar-refractivity contribution >= 4 is 0 Å². The average Bonchev–Trinajstić information content (AvgIpc) is 2.45. The lowest BCUT2D eigenvalue weighted by Crippen LogP contribution is -2.56. The van der Waals surface area contributed by atoms with Gasteiger partial charge in [0, 0.05) is 0 Å². The van der Waals surface area contributed by atoms with Crippen LogP contribution in [0.25, 0.3) is 0 Å². The molecule has 0 heterocycles. The van der Waals surface area contributed by atoms with Crippen LogP contribution in [0.3, 0.4) is 0 Å². The molecule has 8 heteroatoms. The van der Waals surface area contributed by atoms with Crippen molar-refractivity contribution in [2.45, 2.75) is 17.4 Å². The first kappa shape index (κ1) is 17.2. The first-order valence-electron chi connectivity index (χ1n) is 5.40. The minimum Gasteiger partial charge on any atom is -0.372 e. The van der Waals surface area contributed by atoms with Gasteiger partial charge >= 0.3 is 17.9 Å². The lowest BCUT2D eigenvalue weighted by Gasteiger charge is -2.37. The molecule has 1 rings (SSSR count). The SMILES string of the molecule is C=CC(F)(F)C(F)(F)C(O)(C(F)=C(F)F)c1ccccc1. The van der Waals surface area contributed by atoms with Crippen LogP contribution in [0.5, 0.6) is 0 Å². The maximum Gasteiger partial charge on any atom is 0.352 e. The number of aliphatic hydroxyl groups is 1. The molecule has 1 unspecified atom stereocenters. The predicted molar refractivity (Wildman–Crippen MR) is 60.8 cm³/mol. The minimum absolute atomic E-state index is 0.551. The van der Waals surface area contributed by atoms with Gasteiger partial charge in [-0.1, -0.05) is 36.9 Å². The summed E-state index contributed by atoms with van der Waals surface area (Å²) in [5, 5.41) is 9.73. The molecule has 0 fully saturated rings. The number of benzene rings is 1. The molecule has 0 saturated heterocycles. The second-order valence-electron chi connectivity index (χ2n) is 4.05. The van der Waals surface area contributed by atoms with Crippen LogP contribution in [-0.4, -0.2) is 17.0 Å². The minimum atomic E-state index is -5.60. The smallest absolute Gasteiger partial charge is 0.352 e. The fourth-order valence-corrected chi connectivity index (χ4v) is 1.63. The third-order valence-corrected chi connectivity index (χ3v) is 2.80. The van der Waals surface area contributed by atoms with Gasteiger partial charge < -0.3 is 5.11 Å². The molecule has 1 atom stereocenters. The van der Waals surface area contributed by atoms with Crippen molar-refractivity contribution in [3.05, 3.63) is 60.5 Å². The van der Waals surface area contributed by atoms with Gasteiger partial charge in [0.05, 0.1) is 0 Å². The van der Waals surface area contributed by atoms with Crippen LogP contribution in [-0.2, 0) is 5.60 Å². The maximum atomic E-state index is 13.9. The van der Waals surface area contributed by atoms with Crippen molar-refractivity contribution in [2.24, 2.45) is 0 Å². The van der Waals surface area contributed by atoms with E-state index in [1.807, 2.05) is 0 Å². The molecular formula is C13H9F7O. The van der Waals surface area contributed by atoms with Gasteiger partial charge in [0.25, 0.3) is 0 Å². The highest BCUT2D eigenvalue weighted by molar-refractivity contribution is 5.36.